The molecule has 1 fully saturated rings. The highest BCUT2D eigenvalue weighted by atomic mass is 35.5. The Morgan fingerprint density at radius 1 is 1.03 bits per heavy atom. The Morgan fingerprint density at radius 3 is 2.47 bits per heavy atom. The largest absolute Gasteiger partial charge is 0.390 e. The summed E-state index contributed by atoms with van der Waals surface area (Å²) < 4.78 is 0.476. The molecule has 186 valence electrons. The van der Waals surface area contributed by atoms with Crippen molar-refractivity contribution >= 4 is 52.0 Å². The Balaban J connectivity index is 1.20. The molecule has 9 nitrogen and oxygen atoms in total. The summed E-state index contributed by atoms with van der Waals surface area (Å²) in [6.45, 7) is 3.35. The summed E-state index contributed by atoms with van der Waals surface area (Å²) >= 11 is 7.04. The number of aliphatic hydroxyl groups excluding tert-OH is 1. The van der Waals surface area contributed by atoms with Crippen molar-refractivity contribution in [3.8, 4) is 0 Å². The van der Waals surface area contributed by atoms with Crippen LogP contribution in [0, 0.1) is 0 Å². The number of halogens is 1. The Kier molecular flexibility index (Phi) is 7.01. The number of hydrogen-bond donors (Lipinski definition) is 2. The van der Waals surface area contributed by atoms with Gasteiger partial charge in [-0.2, -0.15) is 0 Å². The first kappa shape index (κ1) is 24.4. The molecule has 0 radical (unpaired) electrons. The van der Waals surface area contributed by atoms with Gasteiger partial charge in [0.05, 0.1) is 38.7 Å². The fourth-order valence-electron chi connectivity index (χ4n) is 4.53. The van der Waals surface area contributed by atoms with E-state index in [0.717, 1.165) is 48.1 Å². The number of anilines is 2. The fraction of sp³-hybridized carbons (Fsp3) is 0.280. The summed E-state index contributed by atoms with van der Waals surface area (Å²) in [7, 11) is 0. The van der Waals surface area contributed by atoms with Gasteiger partial charge in [-0.1, -0.05) is 17.7 Å². The Morgan fingerprint density at radius 2 is 1.78 bits per heavy atom. The van der Waals surface area contributed by atoms with E-state index >= 15 is 0 Å². The number of imide groups is 1. The average molecular weight is 526 g/mol. The number of piperazine rings is 1. The molecule has 1 saturated heterocycles. The van der Waals surface area contributed by atoms with Gasteiger partial charge in [-0.25, -0.2) is 0 Å². The molecule has 0 saturated carbocycles. The minimum absolute atomic E-state index is 0.120. The molecule has 2 aliphatic heterocycles. The zero-order chi connectivity index (χ0) is 25.2. The lowest BCUT2D eigenvalue weighted by Crippen LogP contribution is -2.50. The third kappa shape index (κ3) is 4.98. The third-order valence-corrected chi connectivity index (χ3v) is 7.54. The summed E-state index contributed by atoms with van der Waals surface area (Å²) in [5, 5.41) is 13.4. The maximum Gasteiger partial charge on any atom is 0.265 e. The van der Waals surface area contributed by atoms with Crippen LogP contribution in [0.3, 0.4) is 0 Å². The number of carbonyl (C=O) groups is 3. The molecule has 2 aliphatic rings. The number of thiophene rings is 1. The van der Waals surface area contributed by atoms with Gasteiger partial charge in [-0.15, -0.1) is 11.3 Å². The lowest BCUT2D eigenvalue weighted by molar-refractivity contribution is 0.0469. The van der Waals surface area contributed by atoms with Crippen LogP contribution in [0.2, 0.25) is 4.34 Å². The summed E-state index contributed by atoms with van der Waals surface area (Å²) in [6, 6.07) is 11.9. The van der Waals surface area contributed by atoms with Crippen molar-refractivity contribution in [1.29, 1.82) is 0 Å². The van der Waals surface area contributed by atoms with Crippen LogP contribution < -0.4 is 10.2 Å². The summed E-state index contributed by atoms with van der Waals surface area (Å²) in [5.74, 6) is -1.42. The molecular weight excluding hydrogens is 502 g/mol. The Labute approximate surface area is 216 Å². The van der Waals surface area contributed by atoms with Crippen LogP contribution >= 0.6 is 22.9 Å². The maximum absolute atomic E-state index is 13.2. The SMILES string of the molecule is O=C(Nc1cccc2c1C(=O)N(CC(O)CN1CCN(c3ccncc3)CC1)C2=O)c1ccc(Cl)s1. The molecule has 0 aliphatic carbocycles. The normalized spacial score (nSPS) is 16.8. The highest BCUT2D eigenvalue weighted by Crippen LogP contribution is 2.31. The van der Waals surface area contributed by atoms with E-state index in [2.05, 4.69) is 20.1 Å². The number of amides is 3. The molecule has 2 aromatic heterocycles. The molecule has 3 amide bonds. The number of hydrogen-bond acceptors (Lipinski definition) is 8. The number of rotatable bonds is 7. The van der Waals surface area contributed by atoms with E-state index in [-0.39, 0.29) is 23.4 Å². The van der Waals surface area contributed by atoms with Gasteiger partial charge in [0.2, 0.25) is 0 Å². The zero-order valence-electron chi connectivity index (χ0n) is 19.3. The molecule has 1 unspecified atom stereocenters. The van der Waals surface area contributed by atoms with Gasteiger partial charge in [0, 0.05) is 50.8 Å². The number of nitrogens with one attached hydrogen (secondary N) is 1. The summed E-state index contributed by atoms with van der Waals surface area (Å²) in [4.78, 5) is 48.6. The van der Waals surface area contributed by atoms with Gasteiger partial charge in [0.25, 0.3) is 17.7 Å². The molecular formula is C25H24ClN5O4S. The maximum atomic E-state index is 13.2. The van der Waals surface area contributed by atoms with Crippen molar-refractivity contribution < 1.29 is 19.5 Å². The molecule has 0 spiro atoms. The van der Waals surface area contributed by atoms with Crippen molar-refractivity contribution in [3.63, 3.8) is 0 Å². The van der Waals surface area contributed by atoms with Gasteiger partial charge in [0.1, 0.15) is 0 Å². The van der Waals surface area contributed by atoms with E-state index in [1.807, 2.05) is 12.1 Å². The lowest BCUT2D eigenvalue weighted by atomic mass is 10.1. The van der Waals surface area contributed by atoms with Crippen molar-refractivity contribution in [2.45, 2.75) is 6.10 Å². The first-order valence-electron chi connectivity index (χ1n) is 11.5. The number of aromatic nitrogens is 1. The van der Waals surface area contributed by atoms with E-state index in [1.165, 1.54) is 0 Å². The highest BCUT2D eigenvalue weighted by molar-refractivity contribution is 7.18. The third-order valence-electron chi connectivity index (χ3n) is 6.31. The van der Waals surface area contributed by atoms with Gasteiger partial charge in [-0.05, 0) is 36.4 Å². The molecule has 4 heterocycles. The molecule has 0 bridgehead atoms. The number of fused-ring (bicyclic) bond motifs is 1. The molecule has 3 aromatic rings. The van der Waals surface area contributed by atoms with Gasteiger partial charge in [-0.3, -0.25) is 29.2 Å². The van der Waals surface area contributed by atoms with Crippen molar-refractivity contribution in [2.75, 3.05) is 49.5 Å². The highest BCUT2D eigenvalue weighted by Gasteiger charge is 2.39. The second-order valence-corrected chi connectivity index (χ2v) is 10.4. The van der Waals surface area contributed by atoms with Crippen molar-refractivity contribution in [1.82, 2.24) is 14.8 Å². The quantitative estimate of drug-likeness (QED) is 0.457. The average Bonchev–Trinajstić information content (AvgIpc) is 3.43. The van der Waals surface area contributed by atoms with Crippen LogP contribution in [-0.2, 0) is 0 Å². The second-order valence-electron chi connectivity index (χ2n) is 8.65. The van der Waals surface area contributed by atoms with Crippen LogP contribution in [0.4, 0.5) is 11.4 Å². The fourth-order valence-corrected chi connectivity index (χ4v) is 5.47. The number of benzene rings is 1. The molecule has 11 heteroatoms. The van der Waals surface area contributed by atoms with Crippen molar-refractivity contribution in [2.24, 2.45) is 0 Å². The first-order valence-corrected chi connectivity index (χ1v) is 12.7. The number of aliphatic hydroxyl groups is 1. The molecule has 5 rings (SSSR count). The van der Waals surface area contributed by atoms with Crippen LogP contribution in [0.5, 0.6) is 0 Å². The minimum Gasteiger partial charge on any atom is -0.390 e. The number of nitrogens with zero attached hydrogens (tertiary/aromatic N) is 4. The molecule has 2 N–H and O–H groups in total. The van der Waals surface area contributed by atoms with Gasteiger partial charge < -0.3 is 15.3 Å². The van der Waals surface area contributed by atoms with Crippen LogP contribution in [-0.4, -0.2) is 83.0 Å². The predicted octanol–water partition coefficient (Wildman–Crippen LogP) is 2.83. The van der Waals surface area contributed by atoms with Gasteiger partial charge in [0.15, 0.2) is 0 Å². The smallest absolute Gasteiger partial charge is 0.265 e. The van der Waals surface area contributed by atoms with Gasteiger partial charge >= 0.3 is 0 Å². The molecule has 1 aromatic carbocycles. The Bertz CT molecular complexity index is 1290. The summed E-state index contributed by atoms with van der Waals surface area (Å²) in [6.07, 6.45) is 2.63. The zero-order valence-corrected chi connectivity index (χ0v) is 20.8. The summed E-state index contributed by atoms with van der Waals surface area (Å²) in [5.41, 5.74) is 1.71. The van der Waals surface area contributed by atoms with E-state index in [4.69, 9.17) is 11.6 Å². The van der Waals surface area contributed by atoms with Crippen LogP contribution in [0.25, 0.3) is 0 Å². The van der Waals surface area contributed by atoms with Crippen molar-refractivity contribution in [3.05, 3.63) is 75.2 Å². The van der Waals surface area contributed by atoms with E-state index in [9.17, 15) is 19.5 Å². The first-order chi connectivity index (χ1) is 17.4. The molecule has 1 atom stereocenters. The minimum atomic E-state index is -0.897. The van der Waals surface area contributed by atoms with Crippen LogP contribution in [0.15, 0.2) is 54.9 Å². The van der Waals surface area contributed by atoms with E-state index in [0.29, 0.717) is 15.8 Å². The lowest BCUT2D eigenvalue weighted by Gasteiger charge is -2.37. The standard InChI is InChI=1S/C25H24ClN5O4S/c26-21-5-4-20(36-21)23(33)28-19-3-1-2-18-22(19)25(35)31(24(18)34)15-17(32)14-29-10-12-30(13-11-29)16-6-8-27-9-7-16/h1-9,17,32H,10-15H2,(H,28,33). The van der Waals surface area contributed by atoms with E-state index in [1.54, 1.807) is 42.7 Å². The molecule has 36 heavy (non-hydrogen) atoms. The van der Waals surface area contributed by atoms with E-state index < -0.39 is 23.8 Å². The van der Waals surface area contributed by atoms with Crippen LogP contribution in [0.1, 0.15) is 30.4 Å². The number of pyridine rings is 1. The predicted molar refractivity (Wildman–Crippen MR) is 138 cm³/mol. The second kappa shape index (κ2) is 10.4. The number of carbonyl (C=O) groups excluding carboxylic acids is 3. The monoisotopic (exact) mass is 525 g/mol. The Hall–Kier alpha value is -3.31. The topological polar surface area (TPSA) is 106 Å². The number of β-amino-alcohol motifs (C(OH)–C–C–N with tert-alkyl or cyclic N) is 1.